The molecule has 0 aromatic heterocycles. The highest BCUT2D eigenvalue weighted by Crippen LogP contribution is 2.72. The lowest BCUT2D eigenvalue weighted by atomic mass is 9.34. The summed E-state index contributed by atoms with van der Waals surface area (Å²) in [6, 6.07) is 15.1. The van der Waals surface area contributed by atoms with Crippen LogP contribution in [-0.2, 0) is 39.8 Å². The number of rotatable bonds is 7. The summed E-state index contributed by atoms with van der Waals surface area (Å²) in [6.45, 7) is 15.3. The minimum Gasteiger partial charge on any atom is -0.462 e. The predicted octanol–water partition coefficient (Wildman–Crippen LogP) is 7.16. The van der Waals surface area contributed by atoms with E-state index in [1.165, 1.54) is 42.7 Å². The Labute approximate surface area is 296 Å². The Balaban J connectivity index is 1.50. The van der Waals surface area contributed by atoms with Crippen molar-refractivity contribution < 1.29 is 38.4 Å². The average molecular weight is 687 g/mol. The molecule has 2 saturated carbocycles. The number of aliphatic hydroxyl groups is 1. The number of benzene rings is 2. The normalized spacial score (nSPS) is 38.4. The molecule has 0 saturated heterocycles. The summed E-state index contributed by atoms with van der Waals surface area (Å²) in [4.78, 5) is 38.2. The van der Waals surface area contributed by atoms with E-state index in [1.54, 1.807) is 6.92 Å². The summed E-state index contributed by atoms with van der Waals surface area (Å²) in [5, 5.41) is 15.1. The Morgan fingerprint density at radius 1 is 0.980 bits per heavy atom. The van der Waals surface area contributed by atoms with Crippen LogP contribution >= 0.6 is 0 Å². The fourth-order valence-electron chi connectivity index (χ4n) is 11.3. The predicted molar refractivity (Wildman–Crippen MR) is 191 cm³/mol. The first-order chi connectivity index (χ1) is 23.6. The molecule has 0 amide bonds. The lowest BCUT2D eigenvalue weighted by Gasteiger charge is -2.71. The first-order valence-corrected chi connectivity index (χ1v) is 18.2. The topological polar surface area (TPSA) is 108 Å². The molecule has 1 N–H and O–H groups in total. The molecule has 3 aliphatic carbocycles. The van der Waals surface area contributed by atoms with Crippen molar-refractivity contribution in [2.45, 2.75) is 105 Å². The first-order valence-electron chi connectivity index (χ1n) is 18.2. The minimum atomic E-state index is -1.24. The zero-order chi connectivity index (χ0) is 36.2. The van der Waals surface area contributed by atoms with Crippen molar-refractivity contribution in [1.29, 1.82) is 0 Å². The van der Waals surface area contributed by atoms with Crippen LogP contribution in [0.15, 0.2) is 66.3 Å². The van der Waals surface area contributed by atoms with Crippen molar-refractivity contribution in [1.82, 2.24) is 0 Å². The Bertz CT molecular complexity index is 1710. The van der Waals surface area contributed by atoms with Crippen LogP contribution in [0.25, 0.3) is 10.8 Å². The third-order valence-corrected chi connectivity index (χ3v) is 13.6. The zero-order valence-electron chi connectivity index (χ0n) is 30.9. The molecular weight excluding hydrogens is 632 g/mol. The molecule has 270 valence electrons. The van der Waals surface area contributed by atoms with E-state index >= 15 is 0 Å². The van der Waals surface area contributed by atoms with Gasteiger partial charge in [0.25, 0.3) is 0 Å². The van der Waals surface area contributed by atoms with Gasteiger partial charge in [-0.05, 0) is 84.6 Å². The molecule has 2 fully saturated rings. The maximum atomic E-state index is 13.0. The second-order valence-electron chi connectivity index (χ2n) is 16.2. The summed E-state index contributed by atoms with van der Waals surface area (Å²) in [5.74, 6) is -2.05. The van der Waals surface area contributed by atoms with Crippen LogP contribution < -0.4 is 0 Å². The molecule has 50 heavy (non-hydrogen) atoms. The molecule has 8 nitrogen and oxygen atoms in total. The Morgan fingerprint density at radius 2 is 1.68 bits per heavy atom. The van der Waals surface area contributed by atoms with Gasteiger partial charge in [0.15, 0.2) is 0 Å². The van der Waals surface area contributed by atoms with Crippen LogP contribution in [-0.4, -0.2) is 60.6 Å². The lowest BCUT2D eigenvalue weighted by molar-refractivity contribution is -0.298. The number of fused-ring (bicyclic) bond motifs is 6. The number of aliphatic hydroxyl groups excluding tert-OH is 1. The Kier molecular flexibility index (Phi) is 9.62. The maximum Gasteiger partial charge on any atom is 0.303 e. The van der Waals surface area contributed by atoms with Gasteiger partial charge in [-0.15, -0.1) is 0 Å². The van der Waals surface area contributed by atoms with Crippen molar-refractivity contribution in [2.75, 3.05) is 13.2 Å². The molecule has 5 unspecified atom stereocenters. The van der Waals surface area contributed by atoms with Crippen LogP contribution in [0.5, 0.6) is 0 Å². The number of aryl methyl sites for hydroxylation is 1. The quantitative estimate of drug-likeness (QED) is 0.186. The largest absolute Gasteiger partial charge is 0.462 e. The summed E-state index contributed by atoms with van der Waals surface area (Å²) in [5.41, 5.74) is -0.247. The average Bonchev–Trinajstić information content (AvgIpc) is 3.29. The third kappa shape index (κ3) is 5.71. The summed E-state index contributed by atoms with van der Waals surface area (Å²) in [6.07, 6.45) is 5.98. The monoisotopic (exact) mass is 686 g/mol. The summed E-state index contributed by atoms with van der Waals surface area (Å²) < 4.78 is 24.5. The molecule has 0 radical (unpaired) electrons. The molecular formula is C42H54O8. The smallest absolute Gasteiger partial charge is 0.303 e. The number of carbonyl (C=O) groups excluding carboxylic acids is 3. The van der Waals surface area contributed by atoms with Crippen molar-refractivity contribution in [3.05, 3.63) is 71.8 Å². The molecule has 6 rings (SSSR count). The van der Waals surface area contributed by atoms with Gasteiger partial charge in [-0.25, -0.2) is 0 Å². The van der Waals surface area contributed by atoms with Crippen molar-refractivity contribution in [2.24, 2.45) is 39.4 Å². The molecule has 11 atom stereocenters. The highest BCUT2D eigenvalue weighted by molar-refractivity contribution is 5.83. The van der Waals surface area contributed by atoms with Crippen LogP contribution in [0, 0.1) is 39.4 Å². The molecule has 0 spiro atoms. The van der Waals surface area contributed by atoms with Crippen LogP contribution in [0.3, 0.4) is 0 Å². The molecule has 2 aromatic rings. The SMILES string of the molecule is CC(=O)OC1C=C(C)[C@@](C)(CCc2ccc3ccccc3c2)[C@@H]2CCC3(C)C([C@H](OC(C)=O)[C@H](O)C4([C@@H](C)OC(C)=O)COCC=C[C@@H]34)C12C. The Morgan fingerprint density at radius 3 is 2.36 bits per heavy atom. The standard InChI is InChI=1S/C42H54O8/c1-25-22-35(49-28(4)44)41(8)33(39(25,6)19-17-30-15-16-31-12-9-10-13-32(31)23-30)18-20-40(7)34-14-11-21-47-24-42(34,26(2)48-27(3)43)38(46)36(37(40)41)50-29(5)45/h9-16,22-23,26,33-38,46H,17-21,24H2,1-8H3/t26-,33+,34+,35?,36+,37?,38+,39-,40?,41?,42?/m1/s1. The van der Waals surface area contributed by atoms with Crippen LogP contribution in [0.2, 0.25) is 0 Å². The number of carbonyl (C=O) groups is 3. The summed E-state index contributed by atoms with van der Waals surface area (Å²) >= 11 is 0. The van der Waals surface area contributed by atoms with Gasteiger partial charge in [0.2, 0.25) is 0 Å². The van der Waals surface area contributed by atoms with Gasteiger partial charge in [0.05, 0.1) is 18.6 Å². The third-order valence-electron chi connectivity index (χ3n) is 13.6. The van der Waals surface area contributed by atoms with E-state index in [0.717, 1.165) is 25.7 Å². The van der Waals surface area contributed by atoms with Gasteiger partial charge in [0.1, 0.15) is 24.4 Å². The molecule has 2 aromatic carbocycles. The number of allylic oxidation sites excluding steroid dienone is 2. The van der Waals surface area contributed by atoms with Crippen molar-refractivity contribution >= 4 is 28.7 Å². The van der Waals surface area contributed by atoms with Crippen molar-refractivity contribution in [3.8, 4) is 0 Å². The summed E-state index contributed by atoms with van der Waals surface area (Å²) in [7, 11) is 0. The van der Waals surface area contributed by atoms with Crippen LogP contribution in [0.1, 0.15) is 80.2 Å². The number of esters is 3. The first kappa shape index (κ1) is 36.3. The van der Waals surface area contributed by atoms with E-state index < -0.39 is 58.5 Å². The van der Waals surface area contributed by atoms with E-state index in [0.29, 0.717) is 6.61 Å². The van der Waals surface area contributed by atoms with E-state index in [1.807, 2.05) is 6.08 Å². The van der Waals surface area contributed by atoms with E-state index in [2.05, 4.69) is 82.3 Å². The number of hydrogen-bond donors (Lipinski definition) is 1. The molecule has 1 aliphatic heterocycles. The van der Waals surface area contributed by atoms with E-state index in [4.69, 9.17) is 18.9 Å². The maximum absolute atomic E-state index is 13.0. The fraction of sp³-hybridized carbons (Fsp3) is 0.595. The van der Waals surface area contributed by atoms with Gasteiger partial charge in [-0.1, -0.05) is 81.0 Å². The van der Waals surface area contributed by atoms with Gasteiger partial charge in [-0.2, -0.15) is 0 Å². The van der Waals surface area contributed by atoms with E-state index in [9.17, 15) is 19.5 Å². The number of ether oxygens (including phenoxy) is 4. The van der Waals surface area contributed by atoms with Gasteiger partial charge in [-0.3, -0.25) is 14.4 Å². The Hall–Kier alpha value is -3.49. The molecule has 4 aliphatic rings. The van der Waals surface area contributed by atoms with E-state index in [-0.39, 0.29) is 29.8 Å². The zero-order valence-corrected chi connectivity index (χ0v) is 30.9. The van der Waals surface area contributed by atoms with Gasteiger partial charge < -0.3 is 24.1 Å². The highest BCUT2D eigenvalue weighted by Gasteiger charge is 2.75. The van der Waals surface area contributed by atoms with Gasteiger partial charge >= 0.3 is 17.9 Å². The lowest BCUT2D eigenvalue weighted by Crippen LogP contribution is -2.75. The second kappa shape index (κ2) is 13.2. The highest BCUT2D eigenvalue weighted by atomic mass is 16.6. The van der Waals surface area contributed by atoms with Gasteiger partial charge in [0, 0.05) is 32.1 Å². The molecule has 8 heteroatoms. The molecule has 1 heterocycles. The fourth-order valence-corrected chi connectivity index (χ4v) is 11.3. The van der Waals surface area contributed by atoms with Crippen molar-refractivity contribution in [3.63, 3.8) is 0 Å². The molecule has 0 bridgehead atoms. The number of hydrogen-bond acceptors (Lipinski definition) is 8. The minimum absolute atomic E-state index is 0.0255. The second-order valence-corrected chi connectivity index (χ2v) is 16.2. The van der Waals surface area contributed by atoms with Crippen LogP contribution in [0.4, 0.5) is 0 Å².